The zero-order valence-electron chi connectivity index (χ0n) is 15.7. The fourth-order valence-electron chi connectivity index (χ4n) is 2.36. The van der Waals surface area contributed by atoms with Crippen molar-refractivity contribution in [3.63, 3.8) is 0 Å². The van der Waals surface area contributed by atoms with Gasteiger partial charge in [-0.2, -0.15) is 9.65 Å². The summed E-state index contributed by atoms with van der Waals surface area (Å²) < 4.78 is 28.6. The Labute approximate surface area is 160 Å². The number of ketones is 1. The monoisotopic (exact) mass is 388 g/mol. The second-order valence-corrected chi connectivity index (χ2v) is 7.09. The minimum absolute atomic E-state index is 0.0737. The van der Waals surface area contributed by atoms with Gasteiger partial charge in [0.15, 0.2) is 0 Å². The predicted molar refractivity (Wildman–Crippen MR) is 96.7 cm³/mol. The van der Waals surface area contributed by atoms with Crippen molar-refractivity contribution in [3.8, 4) is 6.07 Å². The minimum Gasteiger partial charge on any atom is -0.345 e. The Morgan fingerprint density at radius 2 is 1.79 bits per heavy atom. The molecule has 0 aliphatic carbocycles. The predicted octanol–water partition coefficient (Wildman–Crippen LogP) is 2.52. The molecule has 7 nitrogen and oxygen atoms in total. The van der Waals surface area contributed by atoms with Gasteiger partial charge in [0.05, 0.1) is 16.8 Å². The quantitative estimate of drug-likeness (QED) is 0.620. The van der Waals surface area contributed by atoms with Crippen molar-refractivity contribution in [2.45, 2.75) is 26.3 Å². The summed E-state index contributed by atoms with van der Waals surface area (Å²) in [5, 5.41) is 13.6. The molecule has 2 amide bonds. The topological polar surface area (TPSA) is 104 Å². The smallest absolute Gasteiger partial charge is 0.294 e. The largest absolute Gasteiger partial charge is 0.345 e. The molecule has 0 fully saturated rings. The number of anilines is 1. The van der Waals surface area contributed by atoms with Gasteiger partial charge in [-0.05, 0) is 45.0 Å². The summed E-state index contributed by atoms with van der Waals surface area (Å²) in [6.07, 6.45) is 0. The van der Waals surface area contributed by atoms with Crippen molar-refractivity contribution in [2.24, 2.45) is 7.05 Å². The first-order chi connectivity index (χ1) is 12.9. The minimum atomic E-state index is -1.02. The van der Waals surface area contributed by atoms with Gasteiger partial charge in [-0.25, -0.2) is 4.39 Å². The maximum absolute atomic E-state index is 14.5. The highest BCUT2D eigenvalue weighted by Gasteiger charge is 2.28. The van der Waals surface area contributed by atoms with E-state index in [0.29, 0.717) is 0 Å². The van der Waals surface area contributed by atoms with Crippen LogP contribution in [0.1, 0.15) is 47.2 Å². The van der Waals surface area contributed by atoms with Crippen molar-refractivity contribution in [3.05, 3.63) is 52.9 Å². The third-order valence-electron chi connectivity index (χ3n) is 3.68. The van der Waals surface area contributed by atoms with Gasteiger partial charge < -0.3 is 15.2 Å². The summed E-state index contributed by atoms with van der Waals surface area (Å²) in [5.41, 5.74) is -1.67. The lowest BCUT2D eigenvalue weighted by Gasteiger charge is -2.19. The van der Waals surface area contributed by atoms with Crippen molar-refractivity contribution in [1.82, 2.24) is 9.88 Å². The van der Waals surface area contributed by atoms with Crippen molar-refractivity contribution in [1.29, 1.82) is 5.26 Å². The molecule has 2 rings (SSSR count). The van der Waals surface area contributed by atoms with Crippen LogP contribution in [0.5, 0.6) is 0 Å². The molecule has 1 heterocycles. The summed E-state index contributed by atoms with van der Waals surface area (Å²) in [5.74, 6) is -4.63. The lowest BCUT2D eigenvalue weighted by molar-refractivity contribution is -0.118. The second-order valence-electron chi connectivity index (χ2n) is 7.09. The molecule has 1 aromatic heterocycles. The standard InChI is InChI=1S/C19H18F2N4O3/c1-19(2,3)24-18(28)15(26)14-8-12(16(21)25(14)4)17(27)23-11-5-6-13(20)10(7-11)9-22/h5-8H,1-4H3,(H,23,27)(H,24,28). The van der Waals surface area contributed by atoms with E-state index in [1.165, 1.54) is 13.1 Å². The Bertz CT molecular complexity index is 1010. The van der Waals surface area contributed by atoms with E-state index < -0.39 is 40.5 Å². The van der Waals surface area contributed by atoms with E-state index in [1.807, 2.05) is 0 Å². The number of carbonyl (C=O) groups excluding carboxylic acids is 3. The number of nitrogens with one attached hydrogen (secondary N) is 2. The molecule has 0 atom stereocenters. The van der Waals surface area contributed by atoms with Crippen LogP contribution in [-0.4, -0.2) is 27.7 Å². The SMILES string of the molecule is Cn1c(C(=O)C(=O)NC(C)(C)C)cc(C(=O)Nc2ccc(F)c(C#N)c2)c1F. The third-order valence-corrected chi connectivity index (χ3v) is 3.68. The Balaban J connectivity index is 2.29. The van der Waals surface area contributed by atoms with E-state index in [9.17, 15) is 23.2 Å². The third kappa shape index (κ3) is 4.40. The second kappa shape index (κ2) is 7.60. The number of rotatable bonds is 4. The Hall–Kier alpha value is -3.54. The molecule has 0 spiro atoms. The van der Waals surface area contributed by atoms with Crippen molar-refractivity contribution in [2.75, 3.05) is 5.32 Å². The number of nitrogens with zero attached hydrogens (tertiary/aromatic N) is 2. The van der Waals surface area contributed by atoms with Gasteiger partial charge in [0.1, 0.15) is 11.9 Å². The molecule has 0 unspecified atom stereocenters. The maximum Gasteiger partial charge on any atom is 0.294 e. The molecule has 0 bridgehead atoms. The molecule has 0 saturated heterocycles. The lowest BCUT2D eigenvalue weighted by Crippen LogP contribution is -2.44. The Morgan fingerprint density at radius 3 is 2.36 bits per heavy atom. The molecule has 0 saturated carbocycles. The average Bonchev–Trinajstić information content (AvgIpc) is 2.90. The van der Waals surface area contributed by atoms with E-state index in [1.54, 1.807) is 26.8 Å². The van der Waals surface area contributed by atoms with Gasteiger partial charge >= 0.3 is 0 Å². The number of aromatic nitrogens is 1. The van der Waals surface area contributed by atoms with Crippen LogP contribution in [0.2, 0.25) is 0 Å². The number of Topliss-reactive ketones (excluding diaryl/α,β-unsaturated/α-hetero) is 1. The first kappa shape index (κ1) is 20.8. The van der Waals surface area contributed by atoms with Crippen LogP contribution < -0.4 is 10.6 Å². The van der Waals surface area contributed by atoms with Crippen molar-refractivity contribution >= 4 is 23.3 Å². The first-order valence-corrected chi connectivity index (χ1v) is 8.17. The number of nitriles is 1. The number of benzene rings is 1. The number of hydrogen-bond donors (Lipinski definition) is 2. The molecular formula is C19H18F2N4O3. The molecule has 0 aliphatic heterocycles. The molecular weight excluding hydrogens is 370 g/mol. The first-order valence-electron chi connectivity index (χ1n) is 8.17. The Kier molecular flexibility index (Phi) is 5.64. The van der Waals surface area contributed by atoms with Crippen LogP contribution in [-0.2, 0) is 11.8 Å². The van der Waals surface area contributed by atoms with Gasteiger partial charge in [-0.3, -0.25) is 14.4 Å². The van der Waals surface area contributed by atoms with Crippen LogP contribution >= 0.6 is 0 Å². The Morgan fingerprint density at radius 1 is 1.14 bits per heavy atom. The normalized spacial score (nSPS) is 10.9. The zero-order chi connectivity index (χ0) is 21.2. The molecule has 146 valence electrons. The molecule has 28 heavy (non-hydrogen) atoms. The van der Waals surface area contributed by atoms with Gasteiger partial charge in [-0.15, -0.1) is 0 Å². The molecule has 0 aliphatic rings. The number of carbonyl (C=O) groups is 3. The van der Waals surface area contributed by atoms with Gasteiger partial charge in [0.2, 0.25) is 5.95 Å². The maximum atomic E-state index is 14.5. The van der Waals surface area contributed by atoms with Crippen LogP contribution in [0.3, 0.4) is 0 Å². The fraction of sp³-hybridized carbons (Fsp3) is 0.263. The average molecular weight is 388 g/mol. The van der Waals surface area contributed by atoms with Gasteiger partial charge in [0, 0.05) is 18.3 Å². The number of hydrogen-bond acceptors (Lipinski definition) is 4. The summed E-state index contributed by atoms with van der Waals surface area (Å²) in [6.45, 7) is 5.04. The highest BCUT2D eigenvalue weighted by Crippen LogP contribution is 2.19. The molecule has 2 N–H and O–H groups in total. The summed E-state index contributed by atoms with van der Waals surface area (Å²) in [4.78, 5) is 36.7. The van der Waals surface area contributed by atoms with E-state index >= 15 is 0 Å². The van der Waals surface area contributed by atoms with Crippen molar-refractivity contribution < 1.29 is 23.2 Å². The zero-order valence-corrected chi connectivity index (χ0v) is 15.7. The van der Waals surface area contributed by atoms with Crippen LogP contribution in [0.4, 0.5) is 14.5 Å². The molecule has 1 aromatic carbocycles. The number of amides is 2. The lowest BCUT2D eigenvalue weighted by atomic mass is 10.1. The van der Waals surface area contributed by atoms with Crippen LogP contribution in [0, 0.1) is 23.1 Å². The fourth-order valence-corrected chi connectivity index (χ4v) is 2.36. The summed E-state index contributed by atoms with van der Waals surface area (Å²) in [6, 6.07) is 5.88. The van der Waals surface area contributed by atoms with E-state index in [-0.39, 0.29) is 16.9 Å². The van der Waals surface area contributed by atoms with Crippen LogP contribution in [0.15, 0.2) is 24.3 Å². The molecule has 2 aromatic rings. The highest BCUT2D eigenvalue weighted by molar-refractivity contribution is 6.42. The highest BCUT2D eigenvalue weighted by atomic mass is 19.1. The van der Waals surface area contributed by atoms with E-state index in [2.05, 4.69) is 10.6 Å². The molecule has 9 heteroatoms. The van der Waals surface area contributed by atoms with E-state index in [0.717, 1.165) is 22.8 Å². The summed E-state index contributed by atoms with van der Waals surface area (Å²) in [7, 11) is 1.20. The van der Waals surface area contributed by atoms with E-state index in [4.69, 9.17) is 5.26 Å². The molecule has 0 radical (unpaired) electrons. The van der Waals surface area contributed by atoms with Crippen LogP contribution in [0.25, 0.3) is 0 Å². The summed E-state index contributed by atoms with van der Waals surface area (Å²) >= 11 is 0. The van der Waals surface area contributed by atoms with Gasteiger partial charge in [-0.1, -0.05) is 0 Å². The number of halogens is 2. The van der Waals surface area contributed by atoms with Gasteiger partial charge in [0.25, 0.3) is 17.6 Å².